The Morgan fingerprint density at radius 3 is 3.00 bits per heavy atom. The Morgan fingerprint density at radius 2 is 2.33 bits per heavy atom. The molecule has 1 N–H and O–H groups in total. The van der Waals surface area contributed by atoms with Gasteiger partial charge in [-0.25, -0.2) is 0 Å². The summed E-state index contributed by atoms with van der Waals surface area (Å²) in [7, 11) is 1.31. The van der Waals surface area contributed by atoms with Crippen molar-refractivity contribution < 1.29 is 14.3 Å². The number of ketones is 1. The molecule has 1 fully saturated rings. The fourth-order valence-electron chi connectivity index (χ4n) is 1.31. The van der Waals surface area contributed by atoms with Crippen molar-refractivity contribution in [3.63, 3.8) is 0 Å². The molecule has 1 saturated heterocycles. The first-order valence-electron chi connectivity index (χ1n) is 4.07. The van der Waals surface area contributed by atoms with Crippen molar-refractivity contribution in [2.75, 3.05) is 20.2 Å². The Bertz CT molecular complexity index is 191. The van der Waals surface area contributed by atoms with Gasteiger partial charge in [0.1, 0.15) is 11.7 Å². The first-order valence-corrected chi connectivity index (χ1v) is 4.07. The van der Waals surface area contributed by atoms with E-state index in [1.165, 1.54) is 7.11 Å². The van der Waals surface area contributed by atoms with Gasteiger partial charge >= 0.3 is 5.97 Å². The second-order valence-corrected chi connectivity index (χ2v) is 2.83. The summed E-state index contributed by atoms with van der Waals surface area (Å²) in [5, 5.41) is 3.06. The van der Waals surface area contributed by atoms with Crippen LogP contribution in [-0.2, 0) is 14.3 Å². The minimum Gasteiger partial charge on any atom is -0.468 e. The molecular formula is C8H13NO3. The van der Waals surface area contributed by atoms with Crippen LogP contribution >= 0.6 is 0 Å². The SMILES string of the molecule is COC(=O)C1CCNCCC1=O. The van der Waals surface area contributed by atoms with Crippen LogP contribution in [0.15, 0.2) is 0 Å². The van der Waals surface area contributed by atoms with Crippen LogP contribution in [0.25, 0.3) is 0 Å². The first-order chi connectivity index (χ1) is 5.75. The molecule has 0 aromatic rings. The Balaban J connectivity index is 2.59. The fraction of sp³-hybridized carbons (Fsp3) is 0.750. The predicted octanol–water partition coefficient (Wildman–Crippen LogP) is -0.272. The molecule has 1 unspecified atom stereocenters. The summed E-state index contributed by atoms with van der Waals surface area (Å²) in [6.07, 6.45) is 0.991. The lowest BCUT2D eigenvalue weighted by molar-refractivity contribution is -0.149. The zero-order valence-corrected chi connectivity index (χ0v) is 7.13. The molecule has 0 spiro atoms. The molecule has 68 valence electrons. The van der Waals surface area contributed by atoms with E-state index in [2.05, 4.69) is 10.1 Å². The molecule has 1 atom stereocenters. The summed E-state index contributed by atoms with van der Waals surface area (Å²) in [5.74, 6) is -0.944. The van der Waals surface area contributed by atoms with E-state index in [0.29, 0.717) is 25.9 Å². The molecule has 0 aliphatic carbocycles. The Kier molecular flexibility index (Phi) is 3.22. The van der Waals surface area contributed by atoms with Crippen LogP contribution in [0, 0.1) is 5.92 Å². The van der Waals surface area contributed by atoms with Crippen molar-refractivity contribution >= 4 is 11.8 Å². The van der Waals surface area contributed by atoms with Crippen LogP contribution in [0.4, 0.5) is 0 Å². The van der Waals surface area contributed by atoms with Crippen LogP contribution in [0.3, 0.4) is 0 Å². The summed E-state index contributed by atoms with van der Waals surface area (Å²) < 4.78 is 4.53. The monoisotopic (exact) mass is 171 g/mol. The summed E-state index contributed by atoms with van der Waals surface area (Å²) in [4.78, 5) is 22.3. The topological polar surface area (TPSA) is 55.4 Å². The maximum Gasteiger partial charge on any atom is 0.316 e. The number of ether oxygens (including phenoxy) is 1. The van der Waals surface area contributed by atoms with Gasteiger partial charge in [-0.05, 0) is 13.0 Å². The Morgan fingerprint density at radius 1 is 1.58 bits per heavy atom. The Hall–Kier alpha value is -0.900. The highest BCUT2D eigenvalue weighted by molar-refractivity contribution is 5.99. The molecule has 1 rings (SSSR count). The van der Waals surface area contributed by atoms with Gasteiger partial charge in [-0.2, -0.15) is 0 Å². The molecule has 0 bridgehead atoms. The molecule has 0 aromatic carbocycles. The highest BCUT2D eigenvalue weighted by Crippen LogP contribution is 2.10. The van der Waals surface area contributed by atoms with Gasteiger partial charge < -0.3 is 10.1 Å². The number of carbonyl (C=O) groups is 2. The van der Waals surface area contributed by atoms with Crippen LogP contribution < -0.4 is 5.32 Å². The van der Waals surface area contributed by atoms with E-state index in [4.69, 9.17) is 0 Å². The lowest BCUT2D eigenvalue weighted by Crippen LogP contribution is -2.24. The quantitative estimate of drug-likeness (QED) is 0.436. The third-order valence-electron chi connectivity index (χ3n) is 2.03. The summed E-state index contributed by atoms with van der Waals surface area (Å²) in [5.41, 5.74) is 0. The molecule has 1 heterocycles. The van der Waals surface area contributed by atoms with Crippen LogP contribution in [0.1, 0.15) is 12.8 Å². The number of hydrogen-bond donors (Lipinski definition) is 1. The molecule has 12 heavy (non-hydrogen) atoms. The van der Waals surface area contributed by atoms with E-state index >= 15 is 0 Å². The zero-order valence-electron chi connectivity index (χ0n) is 7.13. The van der Waals surface area contributed by atoms with Crippen molar-refractivity contribution in [1.82, 2.24) is 5.32 Å². The van der Waals surface area contributed by atoms with E-state index < -0.39 is 11.9 Å². The third kappa shape index (κ3) is 2.04. The van der Waals surface area contributed by atoms with Crippen molar-refractivity contribution in [3.05, 3.63) is 0 Å². The van der Waals surface area contributed by atoms with Gasteiger partial charge in [0.25, 0.3) is 0 Å². The van der Waals surface area contributed by atoms with Gasteiger partial charge in [-0.3, -0.25) is 9.59 Å². The van der Waals surface area contributed by atoms with Crippen LogP contribution in [-0.4, -0.2) is 32.0 Å². The number of carbonyl (C=O) groups excluding carboxylic acids is 2. The third-order valence-corrected chi connectivity index (χ3v) is 2.03. The van der Waals surface area contributed by atoms with Crippen molar-refractivity contribution in [1.29, 1.82) is 0 Å². The van der Waals surface area contributed by atoms with Gasteiger partial charge in [0.15, 0.2) is 0 Å². The van der Waals surface area contributed by atoms with E-state index in [-0.39, 0.29) is 5.78 Å². The molecule has 0 saturated carbocycles. The average Bonchev–Trinajstić information content (AvgIpc) is 2.28. The maximum atomic E-state index is 11.3. The molecule has 4 nitrogen and oxygen atoms in total. The van der Waals surface area contributed by atoms with Gasteiger partial charge in [-0.1, -0.05) is 0 Å². The number of nitrogens with one attached hydrogen (secondary N) is 1. The van der Waals surface area contributed by atoms with E-state index in [1.54, 1.807) is 0 Å². The molecular weight excluding hydrogens is 158 g/mol. The van der Waals surface area contributed by atoms with Crippen LogP contribution in [0.2, 0.25) is 0 Å². The largest absolute Gasteiger partial charge is 0.468 e. The highest BCUT2D eigenvalue weighted by Gasteiger charge is 2.27. The normalized spacial score (nSPS) is 24.8. The second kappa shape index (κ2) is 4.21. The minimum atomic E-state index is -0.537. The van der Waals surface area contributed by atoms with Crippen molar-refractivity contribution in [2.24, 2.45) is 5.92 Å². The van der Waals surface area contributed by atoms with E-state index in [1.807, 2.05) is 0 Å². The standard InChI is InChI=1S/C8H13NO3/c1-12-8(11)6-2-4-9-5-3-7(6)10/h6,9H,2-5H2,1H3. The van der Waals surface area contributed by atoms with Gasteiger partial charge in [0.2, 0.25) is 0 Å². The zero-order chi connectivity index (χ0) is 8.97. The maximum absolute atomic E-state index is 11.3. The number of rotatable bonds is 1. The lowest BCUT2D eigenvalue weighted by Gasteiger charge is -2.08. The lowest BCUT2D eigenvalue weighted by atomic mass is 10.00. The van der Waals surface area contributed by atoms with Crippen LogP contribution in [0.5, 0.6) is 0 Å². The molecule has 4 heteroatoms. The van der Waals surface area contributed by atoms with Gasteiger partial charge in [0, 0.05) is 13.0 Å². The Labute approximate surface area is 71.3 Å². The van der Waals surface area contributed by atoms with E-state index in [9.17, 15) is 9.59 Å². The molecule has 0 amide bonds. The summed E-state index contributed by atoms with van der Waals surface area (Å²) >= 11 is 0. The van der Waals surface area contributed by atoms with Crippen molar-refractivity contribution in [3.8, 4) is 0 Å². The molecule has 0 radical (unpaired) electrons. The number of hydrogen-bond acceptors (Lipinski definition) is 4. The minimum absolute atomic E-state index is 0.00755. The number of Topliss-reactive ketones (excluding diaryl/α,β-unsaturated/α-hetero) is 1. The molecule has 0 aromatic heterocycles. The summed E-state index contributed by atoms with van der Waals surface area (Å²) in [6, 6.07) is 0. The average molecular weight is 171 g/mol. The number of methoxy groups -OCH3 is 1. The van der Waals surface area contributed by atoms with Gasteiger partial charge in [-0.15, -0.1) is 0 Å². The number of esters is 1. The van der Waals surface area contributed by atoms with E-state index in [0.717, 1.165) is 0 Å². The van der Waals surface area contributed by atoms with Crippen molar-refractivity contribution in [2.45, 2.75) is 12.8 Å². The molecule has 1 aliphatic heterocycles. The predicted molar refractivity (Wildman–Crippen MR) is 42.6 cm³/mol. The highest BCUT2D eigenvalue weighted by atomic mass is 16.5. The first kappa shape index (κ1) is 9.19. The smallest absolute Gasteiger partial charge is 0.316 e. The fourth-order valence-corrected chi connectivity index (χ4v) is 1.31. The second-order valence-electron chi connectivity index (χ2n) is 2.83. The molecule has 1 aliphatic rings. The summed E-state index contributed by atoms with van der Waals surface area (Å²) in [6.45, 7) is 1.39. The van der Waals surface area contributed by atoms with Gasteiger partial charge in [0.05, 0.1) is 7.11 Å².